The Morgan fingerprint density at radius 2 is 2.25 bits per heavy atom. The summed E-state index contributed by atoms with van der Waals surface area (Å²) in [6, 6.07) is 0.220. The Hall–Kier alpha value is -0.0900. The standard InChI is InChI=1S/C12H22BrNO2/c1-9(2)7-10(8-13)14-12(15)11-5-3-4-6-16-11/h9-11H,3-8H2,1-2H3,(H,14,15). The number of carbonyl (C=O) groups is 1. The van der Waals surface area contributed by atoms with Crippen LogP contribution in [0.5, 0.6) is 0 Å². The van der Waals surface area contributed by atoms with E-state index in [0.29, 0.717) is 5.92 Å². The van der Waals surface area contributed by atoms with Gasteiger partial charge in [0, 0.05) is 18.0 Å². The van der Waals surface area contributed by atoms with Gasteiger partial charge in [-0.1, -0.05) is 29.8 Å². The Morgan fingerprint density at radius 3 is 2.75 bits per heavy atom. The van der Waals surface area contributed by atoms with E-state index >= 15 is 0 Å². The number of hydrogen-bond donors (Lipinski definition) is 1. The van der Waals surface area contributed by atoms with Crippen molar-refractivity contribution < 1.29 is 9.53 Å². The summed E-state index contributed by atoms with van der Waals surface area (Å²) in [7, 11) is 0. The van der Waals surface area contributed by atoms with E-state index < -0.39 is 0 Å². The van der Waals surface area contributed by atoms with Crippen molar-refractivity contribution in [1.29, 1.82) is 0 Å². The first-order chi connectivity index (χ1) is 7.63. The van der Waals surface area contributed by atoms with Crippen LogP contribution in [0.25, 0.3) is 0 Å². The average Bonchev–Trinajstić information content (AvgIpc) is 2.28. The maximum atomic E-state index is 11.9. The number of hydrogen-bond acceptors (Lipinski definition) is 2. The second-order valence-corrected chi connectivity index (χ2v) is 5.49. The fourth-order valence-electron chi connectivity index (χ4n) is 1.97. The molecule has 2 atom stereocenters. The van der Waals surface area contributed by atoms with Gasteiger partial charge >= 0.3 is 0 Å². The summed E-state index contributed by atoms with van der Waals surface area (Å²) in [4.78, 5) is 11.9. The number of alkyl halides is 1. The maximum absolute atomic E-state index is 11.9. The quantitative estimate of drug-likeness (QED) is 0.791. The van der Waals surface area contributed by atoms with Gasteiger partial charge in [-0.15, -0.1) is 0 Å². The molecule has 1 amide bonds. The summed E-state index contributed by atoms with van der Waals surface area (Å²) in [5.41, 5.74) is 0. The van der Waals surface area contributed by atoms with E-state index in [-0.39, 0.29) is 18.1 Å². The van der Waals surface area contributed by atoms with E-state index in [1.807, 2.05) is 0 Å². The van der Waals surface area contributed by atoms with Gasteiger partial charge in [0.05, 0.1) is 0 Å². The van der Waals surface area contributed by atoms with E-state index in [4.69, 9.17) is 4.74 Å². The molecule has 0 aromatic heterocycles. The highest BCUT2D eigenvalue weighted by molar-refractivity contribution is 9.09. The molecule has 1 aliphatic heterocycles. The minimum atomic E-state index is -0.220. The van der Waals surface area contributed by atoms with Crippen molar-refractivity contribution in [2.75, 3.05) is 11.9 Å². The molecule has 1 heterocycles. The molecule has 0 saturated carbocycles. The SMILES string of the molecule is CC(C)CC(CBr)NC(=O)C1CCCCO1. The summed E-state index contributed by atoms with van der Waals surface area (Å²) in [6.07, 6.45) is 3.83. The van der Waals surface area contributed by atoms with Crippen molar-refractivity contribution in [2.24, 2.45) is 5.92 Å². The molecule has 0 bridgehead atoms. The Balaban J connectivity index is 2.35. The highest BCUT2D eigenvalue weighted by atomic mass is 79.9. The zero-order valence-corrected chi connectivity index (χ0v) is 11.8. The van der Waals surface area contributed by atoms with E-state index in [1.165, 1.54) is 0 Å². The van der Waals surface area contributed by atoms with Crippen LogP contribution in [-0.4, -0.2) is 30.0 Å². The molecule has 4 heteroatoms. The van der Waals surface area contributed by atoms with Crippen LogP contribution in [0.2, 0.25) is 0 Å². The summed E-state index contributed by atoms with van der Waals surface area (Å²) < 4.78 is 5.46. The number of ether oxygens (including phenoxy) is 1. The van der Waals surface area contributed by atoms with Crippen molar-refractivity contribution >= 4 is 21.8 Å². The highest BCUT2D eigenvalue weighted by Crippen LogP contribution is 2.14. The van der Waals surface area contributed by atoms with E-state index in [2.05, 4.69) is 35.1 Å². The molecular weight excluding hydrogens is 270 g/mol. The van der Waals surface area contributed by atoms with Crippen molar-refractivity contribution in [3.8, 4) is 0 Å². The average molecular weight is 292 g/mol. The highest BCUT2D eigenvalue weighted by Gasteiger charge is 2.23. The fourth-order valence-corrected chi connectivity index (χ4v) is 2.40. The Bertz CT molecular complexity index is 215. The topological polar surface area (TPSA) is 38.3 Å². The molecule has 1 saturated heterocycles. The molecule has 2 unspecified atom stereocenters. The van der Waals surface area contributed by atoms with Crippen molar-refractivity contribution in [3.05, 3.63) is 0 Å². The zero-order chi connectivity index (χ0) is 12.0. The second-order valence-electron chi connectivity index (χ2n) is 4.84. The molecule has 3 nitrogen and oxygen atoms in total. The minimum absolute atomic E-state index is 0.0600. The predicted octanol–water partition coefficient (Wildman–Crippen LogP) is 2.48. The molecule has 0 spiro atoms. The van der Waals surface area contributed by atoms with Crippen LogP contribution in [-0.2, 0) is 9.53 Å². The minimum Gasteiger partial charge on any atom is -0.368 e. The lowest BCUT2D eigenvalue weighted by atomic mass is 10.0. The van der Waals surface area contributed by atoms with Gasteiger partial charge in [-0.2, -0.15) is 0 Å². The summed E-state index contributed by atoms with van der Waals surface area (Å²) in [6.45, 7) is 5.05. The Labute approximate surface area is 106 Å². The van der Waals surface area contributed by atoms with Crippen LogP contribution >= 0.6 is 15.9 Å². The van der Waals surface area contributed by atoms with E-state index in [1.54, 1.807) is 0 Å². The zero-order valence-electron chi connectivity index (χ0n) is 10.2. The smallest absolute Gasteiger partial charge is 0.249 e. The first kappa shape index (κ1) is 14.0. The van der Waals surface area contributed by atoms with E-state index in [9.17, 15) is 4.79 Å². The van der Waals surface area contributed by atoms with Gasteiger partial charge in [0.15, 0.2) is 0 Å². The normalized spacial score (nSPS) is 23.1. The van der Waals surface area contributed by atoms with Crippen molar-refractivity contribution in [1.82, 2.24) is 5.32 Å². The third-order valence-corrected chi connectivity index (χ3v) is 3.54. The van der Waals surface area contributed by atoms with Gasteiger partial charge in [0.1, 0.15) is 6.10 Å². The number of rotatable bonds is 5. The summed E-state index contributed by atoms with van der Waals surface area (Å²) in [5, 5.41) is 3.87. The largest absolute Gasteiger partial charge is 0.368 e. The van der Waals surface area contributed by atoms with Crippen molar-refractivity contribution in [2.45, 2.75) is 51.7 Å². The molecule has 94 valence electrons. The van der Waals surface area contributed by atoms with Crippen LogP contribution in [0, 0.1) is 5.92 Å². The first-order valence-corrected chi connectivity index (χ1v) is 7.23. The summed E-state index contributed by atoms with van der Waals surface area (Å²) >= 11 is 3.44. The third kappa shape index (κ3) is 4.83. The van der Waals surface area contributed by atoms with E-state index in [0.717, 1.165) is 37.6 Å². The molecule has 0 aromatic carbocycles. The number of amides is 1. The molecule has 0 aromatic rings. The number of nitrogens with one attached hydrogen (secondary N) is 1. The maximum Gasteiger partial charge on any atom is 0.249 e. The second kappa shape index (κ2) is 7.28. The van der Waals surface area contributed by atoms with Crippen LogP contribution in [0.3, 0.4) is 0 Å². The van der Waals surface area contributed by atoms with Crippen LogP contribution in [0.4, 0.5) is 0 Å². The lowest BCUT2D eigenvalue weighted by Crippen LogP contribution is -2.44. The van der Waals surface area contributed by atoms with Gasteiger partial charge in [0.2, 0.25) is 5.91 Å². The third-order valence-electron chi connectivity index (χ3n) is 2.76. The molecule has 1 N–H and O–H groups in total. The van der Waals surface area contributed by atoms with Gasteiger partial charge in [0.25, 0.3) is 0 Å². The van der Waals surface area contributed by atoms with Gasteiger partial charge in [-0.05, 0) is 31.6 Å². The van der Waals surface area contributed by atoms with Crippen LogP contribution < -0.4 is 5.32 Å². The van der Waals surface area contributed by atoms with Crippen molar-refractivity contribution in [3.63, 3.8) is 0 Å². The fraction of sp³-hybridized carbons (Fsp3) is 0.917. The molecule has 0 aliphatic carbocycles. The molecule has 16 heavy (non-hydrogen) atoms. The molecule has 1 rings (SSSR count). The van der Waals surface area contributed by atoms with Gasteiger partial charge < -0.3 is 10.1 Å². The van der Waals surface area contributed by atoms with Gasteiger partial charge in [-0.3, -0.25) is 4.79 Å². The number of carbonyl (C=O) groups excluding carboxylic acids is 1. The summed E-state index contributed by atoms with van der Waals surface area (Å²) in [5.74, 6) is 0.653. The Kier molecular flexibility index (Phi) is 6.36. The predicted molar refractivity (Wildman–Crippen MR) is 68.8 cm³/mol. The monoisotopic (exact) mass is 291 g/mol. The lowest BCUT2D eigenvalue weighted by molar-refractivity contribution is -0.136. The molecule has 0 radical (unpaired) electrons. The lowest BCUT2D eigenvalue weighted by Gasteiger charge is -2.25. The van der Waals surface area contributed by atoms with Gasteiger partial charge in [-0.25, -0.2) is 0 Å². The Morgan fingerprint density at radius 1 is 1.50 bits per heavy atom. The molecule has 1 aliphatic rings. The number of halogens is 1. The molecular formula is C12H22BrNO2. The molecule has 1 fully saturated rings. The first-order valence-electron chi connectivity index (χ1n) is 6.11. The van der Waals surface area contributed by atoms with Crippen LogP contribution in [0.15, 0.2) is 0 Å². The van der Waals surface area contributed by atoms with Crippen LogP contribution in [0.1, 0.15) is 39.5 Å².